The summed E-state index contributed by atoms with van der Waals surface area (Å²) in [6.07, 6.45) is 0. The Kier molecular flexibility index (Phi) is 5.84. The van der Waals surface area contributed by atoms with Crippen LogP contribution in [-0.2, 0) is 10.0 Å². The Hall–Kier alpha value is -3.82. The summed E-state index contributed by atoms with van der Waals surface area (Å²) in [5, 5.41) is 3.50. The van der Waals surface area contributed by atoms with E-state index in [0.29, 0.717) is 21.7 Å². The maximum atomic E-state index is 13.1. The van der Waals surface area contributed by atoms with Crippen LogP contribution in [0.2, 0.25) is 5.02 Å². The molecule has 4 aromatic rings. The number of sulfonamides is 1. The summed E-state index contributed by atoms with van der Waals surface area (Å²) in [7, 11) is -2.59. The van der Waals surface area contributed by atoms with Crippen molar-refractivity contribution in [3.05, 3.63) is 89.1 Å². The fourth-order valence-corrected chi connectivity index (χ4v) is 4.71. The second-order valence-corrected chi connectivity index (χ2v) is 9.51. The van der Waals surface area contributed by atoms with Crippen LogP contribution in [0.5, 0.6) is 0 Å². The first-order chi connectivity index (χ1) is 15.7. The highest BCUT2D eigenvalue weighted by Gasteiger charge is 2.24. The highest BCUT2D eigenvalue weighted by Crippen LogP contribution is 2.31. The largest absolute Gasteiger partial charge is 0.449 e. The number of fused-ring (bicyclic) bond motifs is 1. The van der Waals surface area contributed by atoms with Gasteiger partial charge in [0.25, 0.3) is 21.8 Å². The zero-order chi connectivity index (χ0) is 23.8. The Balaban J connectivity index is 1.67. The zero-order valence-corrected chi connectivity index (χ0v) is 18.9. The van der Waals surface area contributed by atoms with E-state index in [9.17, 15) is 18.0 Å². The van der Waals surface area contributed by atoms with Gasteiger partial charge in [0.2, 0.25) is 5.76 Å². The Morgan fingerprint density at radius 2 is 1.73 bits per heavy atom. The molecule has 0 saturated heterocycles. The monoisotopic (exact) mass is 483 g/mol. The molecule has 0 bridgehead atoms. The molecule has 0 fully saturated rings. The van der Waals surface area contributed by atoms with Gasteiger partial charge >= 0.3 is 0 Å². The number of nitrogens with one attached hydrogen (secondary N) is 1. The molecule has 4 rings (SSSR count). The molecule has 0 atom stereocenters. The second kappa shape index (κ2) is 8.61. The third-order valence-corrected chi connectivity index (χ3v) is 7.00. The molecule has 33 heavy (non-hydrogen) atoms. The summed E-state index contributed by atoms with van der Waals surface area (Å²) < 4.78 is 32.8. The summed E-state index contributed by atoms with van der Waals surface area (Å²) in [6.45, 7) is 0. The summed E-state index contributed by atoms with van der Waals surface area (Å²) in [5.74, 6) is -1.68. The minimum atomic E-state index is -3.98. The van der Waals surface area contributed by atoms with Crippen molar-refractivity contribution in [2.24, 2.45) is 5.73 Å². The Morgan fingerprint density at radius 3 is 2.45 bits per heavy atom. The van der Waals surface area contributed by atoms with Gasteiger partial charge in [-0.05, 0) is 48.5 Å². The number of amides is 2. The van der Waals surface area contributed by atoms with Crippen LogP contribution in [0.3, 0.4) is 0 Å². The Labute approximate surface area is 194 Å². The number of hydrogen-bond donors (Lipinski definition) is 2. The number of carbonyl (C=O) groups is 2. The number of nitrogens with zero attached hydrogens (tertiary/aromatic N) is 1. The predicted octanol–water partition coefficient (Wildman–Crippen LogP) is 4.26. The van der Waals surface area contributed by atoms with E-state index in [0.717, 1.165) is 4.31 Å². The third kappa shape index (κ3) is 4.28. The Bertz CT molecular complexity index is 1500. The minimum absolute atomic E-state index is 0.0660. The highest BCUT2D eigenvalue weighted by atomic mass is 35.5. The molecule has 10 heteroatoms. The SMILES string of the molecule is CN(c1cccc(Cl)c1)S(=O)(=O)c1cccc(C(=O)Nc2c(C(N)=O)oc3ccccc23)c1. The quantitative estimate of drug-likeness (QED) is 0.424. The van der Waals surface area contributed by atoms with Gasteiger partial charge in [-0.3, -0.25) is 13.9 Å². The van der Waals surface area contributed by atoms with Crippen molar-refractivity contribution < 1.29 is 22.4 Å². The van der Waals surface area contributed by atoms with Gasteiger partial charge in [0.1, 0.15) is 11.3 Å². The maximum Gasteiger partial charge on any atom is 0.286 e. The topological polar surface area (TPSA) is 123 Å². The maximum absolute atomic E-state index is 13.1. The molecule has 8 nitrogen and oxygen atoms in total. The first-order valence-electron chi connectivity index (χ1n) is 9.66. The summed E-state index contributed by atoms with van der Waals surface area (Å²) in [4.78, 5) is 24.7. The standard InChI is InChI=1S/C23H18ClN3O5S/c1-27(16-8-5-7-15(24)13-16)33(30,31)17-9-4-6-14(12-17)23(29)26-20-18-10-2-3-11-19(18)32-21(20)22(25)28/h2-13H,1H3,(H2,25,28)(H,26,29). The van der Waals surface area contributed by atoms with E-state index in [2.05, 4.69) is 5.32 Å². The first kappa shape index (κ1) is 22.4. The molecule has 0 radical (unpaired) electrons. The van der Waals surface area contributed by atoms with Crippen molar-refractivity contribution in [3.63, 3.8) is 0 Å². The van der Waals surface area contributed by atoms with Crippen molar-refractivity contribution >= 4 is 55.8 Å². The molecule has 1 aromatic heterocycles. The van der Waals surface area contributed by atoms with Crippen molar-refractivity contribution in [2.45, 2.75) is 4.90 Å². The summed E-state index contributed by atoms with van der Waals surface area (Å²) >= 11 is 5.98. The first-order valence-corrected chi connectivity index (χ1v) is 11.5. The van der Waals surface area contributed by atoms with Gasteiger partial charge in [0.05, 0.1) is 10.6 Å². The van der Waals surface area contributed by atoms with E-state index in [-0.39, 0.29) is 21.9 Å². The lowest BCUT2D eigenvalue weighted by Crippen LogP contribution is -2.27. The van der Waals surface area contributed by atoms with Crippen molar-refractivity contribution in [3.8, 4) is 0 Å². The van der Waals surface area contributed by atoms with Gasteiger partial charge < -0.3 is 15.5 Å². The van der Waals surface area contributed by atoms with Crippen molar-refractivity contribution in [1.29, 1.82) is 0 Å². The van der Waals surface area contributed by atoms with E-state index in [1.165, 1.54) is 37.4 Å². The van der Waals surface area contributed by atoms with Gasteiger partial charge in [-0.1, -0.05) is 35.9 Å². The van der Waals surface area contributed by atoms with Crippen LogP contribution < -0.4 is 15.4 Å². The number of rotatable bonds is 6. The molecule has 168 valence electrons. The van der Waals surface area contributed by atoms with Crippen molar-refractivity contribution in [2.75, 3.05) is 16.7 Å². The number of halogens is 1. The van der Waals surface area contributed by atoms with Crippen LogP contribution in [0.4, 0.5) is 11.4 Å². The number of primary amides is 1. The molecule has 0 saturated carbocycles. The van der Waals surface area contributed by atoms with Crippen LogP contribution in [0.25, 0.3) is 11.0 Å². The number of anilines is 2. The molecule has 2 amide bonds. The van der Waals surface area contributed by atoms with Gasteiger partial charge in [0.15, 0.2) is 0 Å². The van der Waals surface area contributed by atoms with Gasteiger partial charge in [0, 0.05) is 23.0 Å². The number of hydrogen-bond acceptors (Lipinski definition) is 5. The molecule has 0 spiro atoms. The van der Waals surface area contributed by atoms with E-state index in [1.807, 2.05) is 0 Å². The lowest BCUT2D eigenvalue weighted by molar-refractivity contribution is 0.0977. The molecular formula is C23H18ClN3O5S. The highest BCUT2D eigenvalue weighted by molar-refractivity contribution is 7.92. The molecule has 0 aliphatic carbocycles. The van der Waals surface area contributed by atoms with Gasteiger partial charge in [-0.25, -0.2) is 8.42 Å². The smallest absolute Gasteiger partial charge is 0.286 e. The van der Waals surface area contributed by atoms with Crippen LogP contribution in [0, 0.1) is 0 Å². The number of nitrogens with two attached hydrogens (primary N) is 1. The van der Waals surface area contributed by atoms with Gasteiger partial charge in [-0.2, -0.15) is 0 Å². The average molecular weight is 484 g/mol. The molecular weight excluding hydrogens is 466 g/mol. The number of furan rings is 1. The van der Waals surface area contributed by atoms with Crippen LogP contribution in [-0.4, -0.2) is 27.3 Å². The number of benzene rings is 3. The second-order valence-electron chi connectivity index (χ2n) is 7.10. The normalized spacial score (nSPS) is 11.3. The fourth-order valence-electron chi connectivity index (χ4n) is 3.30. The van der Waals surface area contributed by atoms with E-state index in [4.69, 9.17) is 21.8 Å². The lowest BCUT2D eigenvalue weighted by atomic mass is 10.2. The zero-order valence-electron chi connectivity index (χ0n) is 17.3. The third-order valence-electron chi connectivity index (χ3n) is 4.98. The van der Waals surface area contributed by atoms with E-state index in [1.54, 1.807) is 42.5 Å². The van der Waals surface area contributed by atoms with E-state index >= 15 is 0 Å². The van der Waals surface area contributed by atoms with Crippen molar-refractivity contribution in [1.82, 2.24) is 0 Å². The molecule has 1 heterocycles. The number of para-hydroxylation sites is 1. The summed E-state index contributed by atoms with van der Waals surface area (Å²) in [5.41, 5.74) is 6.32. The molecule has 0 aliphatic rings. The molecule has 0 unspecified atom stereocenters. The molecule has 3 N–H and O–H groups in total. The lowest BCUT2D eigenvalue weighted by Gasteiger charge is -2.20. The Morgan fingerprint density at radius 1 is 1.00 bits per heavy atom. The van der Waals surface area contributed by atoms with E-state index < -0.39 is 21.8 Å². The summed E-state index contributed by atoms with van der Waals surface area (Å²) in [6, 6.07) is 18.7. The molecule has 0 aliphatic heterocycles. The predicted molar refractivity (Wildman–Crippen MR) is 126 cm³/mol. The van der Waals surface area contributed by atoms with Crippen LogP contribution >= 0.6 is 11.6 Å². The molecule has 3 aromatic carbocycles. The fraction of sp³-hybridized carbons (Fsp3) is 0.0435. The average Bonchev–Trinajstić information content (AvgIpc) is 3.17. The minimum Gasteiger partial charge on any atom is -0.449 e. The van der Waals surface area contributed by atoms with Gasteiger partial charge in [-0.15, -0.1) is 0 Å². The number of carbonyl (C=O) groups excluding carboxylic acids is 2. The van der Waals surface area contributed by atoms with Crippen LogP contribution in [0.1, 0.15) is 20.9 Å². The van der Waals surface area contributed by atoms with Crippen LogP contribution in [0.15, 0.2) is 82.1 Å².